The Morgan fingerprint density at radius 3 is 2.81 bits per heavy atom. The molecule has 5 heteroatoms. The van der Waals surface area contributed by atoms with Crippen LogP contribution in [0.5, 0.6) is 0 Å². The summed E-state index contributed by atoms with van der Waals surface area (Å²) in [5.41, 5.74) is 6.90. The van der Waals surface area contributed by atoms with Gasteiger partial charge in [-0.1, -0.05) is 30.3 Å². The summed E-state index contributed by atoms with van der Waals surface area (Å²) >= 11 is 0. The fourth-order valence-corrected chi connectivity index (χ4v) is 2.82. The monoisotopic (exact) mass is 289 g/mol. The van der Waals surface area contributed by atoms with E-state index in [1.54, 1.807) is 11.8 Å². The first-order chi connectivity index (χ1) is 9.95. The minimum Gasteiger partial charge on any atom is -0.409 e. The largest absolute Gasteiger partial charge is 0.409 e. The lowest BCUT2D eigenvalue weighted by Crippen LogP contribution is -2.53. The molecule has 0 saturated carbocycles. The van der Waals surface area contributed by atoms with Gasteiger partial charge in [-0.2, -0.15) is 0 Å². The third-order valence-electron chi connectivity index (χ3n) is 4.59. The zero-order valence-electron chi connectivity index (χ0n) is 12.8. The van der Waals surface area contributed by atoms with Gasteiger partial charge < -0.3 is 15.8 Å². The number of nitrogens with zero attached hydrogens (tertiary/aromatic N) is 2. The third kappa shape index (κ3) is 2.48. The molecule has 1 heterocycles. The first-order valence-electron chi connectivity index (χ1n) is 7.35. The van der Waals surface area contributed by atoms with Crippen LogP contribution in [0.2, 0.25) is 0 Å². The molecular formula is C16H23N3O2. The highest BCUT2D eigenvalue weighted by molar-refractivity contribution is 6.13. The fraction of sp³-hybridized carbons (Fsp3) is 0.500. The summed E-state index contributed by atoms with van der Waals surface area (Å²) in [4.78, 5) is 14.9. The summed E-state index contributed by atoms with van der Waals surface area (Å²) in [5, 5.41) is 12.1. The Kier molecular flexibility index (Phi) is 4.21. The molecule has 2 rings (SSSR count). The molecule has 1 aromatic carbocycles. The summed E-state index contributed by atoms with van der Waals surface area (Å²) in [5.74, 6) is -0.148. The summed E-state index contributed by atoms with van der Waals surface area (Å²) < 4.78 is 0. The van der Waals surface area contributed by atoms with E-state index >= 15 is 0 Å². The van der Waals surface area contributed by atoms with Crippen molar-refractivity contribution in [2.45, 2.75) is 46.1 Å². The van der Waals surface area contributed by atoms with Gasteiger partial charge in [0, 0.05) is 11.7 Å². The summed E-state index contributed by atoms with van der Waals surface area (Å²) in [6.07, 6.45) is 2.36. The van der Waals surface area contributed by atoms with Gasteiger partial charge in [0.05, 0.1) is 0 Å². The molecule has 0 saturated heterocycles. The van der Waals surface area contributed by atoms with Crippen molar-refractivity contribution in [1.82, 2.24) is 0 Å². The molecule has 1 aliphatic heterocycles. The molecule has 2 atom stereocenters. The molecule has 1 aliphatic rings. The summed E-state index contributed by atoms with van der Waals surface area (Å²) in [7, 11) is 0. The second-order valence-electron chi connectivity index (χ2n) is 5.86. The lowest BCUT2D eigenvalue weighted by atomic mass is 9.82. The van der Waals surface area contributed by atoms with E-state index in [0.717, 1.165) is 18.5 Å². The normalized spacial score (nSPS) is 21.6. The Hall–Kier alpha value is -2.04. The maximum absolute atomic E-state index is 13.1. The number of benzene rings is 1. The number of nitrogens with two attached hydrogens (primary N) is 1. The van der Waals surface area contributed by atoms with Gasteiger partial charge >= 0.3 is 0 Å². The van der Waals surface area contributed by atoms with Gasteiger partial charge in [0.2, 0.25) is 5.91 Å². The van der Waals surface area contributed by atoms with Crippen LogP contribution in [-0.4, -0.2) is 23.0 Å². The molecule has 3 N–H and O–H groups in total. The Balaban J connectivity index is 2.47. The van der Waals surface area contributed by atoms with Crippen molar-refractivity contribution in [2.24, 2.45) is 16.3 Å². The van der Waals surface area contributed by atoms with Gasteiger partial charge in [-0.3, -0.25) is 4.79 Å². The maximum atomic E-state index is 13.1. The smallest absolute Gasteiger partial charge is 0.240 e. The van der Waals surface area contributed by atoms with E-state index in [9.17, 15) is 4.79 Å². The van der Waals surface area contributed by atoms with Crippen molar-refractivity contribution in [2.75, 3.05) is 4.90 Å². The van der Waals surface area contributed by atoms with Crippen LogP contribution in [0.15, 0.2) is 29.4 Å². The Bertz CT molecular complexity index is 570. The average molecular weight is 289 g/mol. The number of anilines is 1. The van der Waals surface area contributed by atoms with Crippen LogP contribution in [0.25, 0.3) is 0 Å². The predicted molar refractivity (Wildman–Crippen MR) is 83.5 cm³/mol. The first kappa shape index (κ1) is 15.4. The van der Waals surface area contributed by atoms with Gasteiger partial charge in [-0.05, 0) is 44.7 Å². The highest BCUT2D eigenvalue weighted by Crippen LogP contribution is 2.35. The van der Waals surface area contributed by atoms with E-state index in [4.69, 9.17) is 10.9 Å². The SMILES string of the molecule is CCC(C)(C(=O)N1c2ccccc2CCC1C)/C(N)=N/O. The first-order valence-corrected chi connectivity index (χ1v) is 7.35. The molecule has 114 valence electrons. The highest BCUT2D eigenvalue weighted by Gasteiger charge is 2.42. The van der Waals surface area contributed by atoms with E-state index < -0.39 is 5.41 Å². The number of aryl methyl sites for hydroxylation is 1. The lowest BCUT2D eigenvalue weighted by molar-refractivity contribution is -0.125. The standard InChI is InChI=1S/C16H23N3O2/c1-4-16(3,14(17)18-21)15(20)19-11(2)9-10-12-7-5-6-8-13(12)19/h5-8,11,21H,4,9-10H2,1-3H3,(H2,17,18). The van der Waals surface area contributed by atoms with Crippen LogP contribution in [-0.2, 0) is 11.2 Å². The molecule has 1 aromatic rings. The van der Waals surface area contributed by atoms with Crippen molar-refractivity contribution in [3.8, 4) is 0 Å². The second-order valence-corrected chi connectivity index (χ2v) is 5.86. The minimum atomic E-state index is -0.993. The molecule has 1 amide bonds. The van der Waals surface area contributed by atoms with Crippen molar-refractivity contribution >= 4 is 17.4 Å². The van der Waals surface area contributed by atoms with E-state index in [2.05, 4.69) is 5.16 Å². The number of carbonyl (C=O) groups is 1. The van der Waals surface area contributed by atoms with Crippen molar-refractivity contribution in [1.29, 1.82) is 0 Å². The van der Waals surface area contributed by atoms with E-state index in [1.165, 1.54) is 5.56 Å². The third-order valence-corrected chi connectivity index (χ3v) is 4.59. The van der Waals surface area contributed by atoms with E-state index in [-0.39, 0.29) is 17.8 Å². The molecule has 0 aliphatic carbocycles. The number of para-hydroxylation sites is 1. The number of hydrogen-bond donors (Lipinski definition) is 2. The number of amidine groups is 1. The molecule has 2 unspecified atom stereocenters. The Morgan fingerprint density at radius 2 is 2.19 bits per heavy atom. The van der Waals surface area contributed by atoms with Crippen LogP contribution < -0.4 is 10.6 Å². The van der Waals surface area contributed by atoms with Crippen LogP contribution >= 0.6 is 0 Å². The topological polar surface area (TPSA) is 78.9 Å². The average Bonchev–Trinajstić information content (AvgIpc) is 2.52. The van der Waals surface area contributed by atoms with Gasteiger partial charge in [-0.25, -0.2) is 0 Å². The van der Waals surface area contributed by atoms with Crippen LogP contribution in [0, 0.1) is 5.41 Å². The van der Waals surface area contributed by atoms with Gasteiger partial charge in [0.1, 0.15) is 5.41 Å². The molecular weight excluding hydrogens is 266 g/mol. The van der Waals surface area contributed by atoms with Crippen molar-refractivity contribution in [3.05, 3.63) is 29.8 Å². The zero-order chi connectivity index (χ0) is 15.6. The number of hydrogen-bond acceptors (Lipinski definition) is 3. The molecule has 0 aromatic heterocycles. The number of carbonyl (C=O) groups excluding carboxylic acids is 1. The number of amides is 1. The molecule has 0 fully saturated rings. The van der Waals surface area contributed by atoms with Crippen LogP contribution in [0.3, 0.4) is 0 Å². The number of fused-ring (bicyclic) bond motifs is 1. The van der Waals surface area contributed by atoms with Crippen molar-refractivity contribution < 1.29 is 10.0 Å². The van der Waals surface area contributed by atoms with Gasteiger partial charge in [-0.15, -0.1) is 0 Å². The number of oxime groups is 1. The molecule has 0 spiro atoms. The molecule has 0 bridgehead atoms. The molecule has 21 heavy (non-hydrogen) atoms. The Morgan fingerprint density at radius 1 is 1.52 bits per heavy atom. The quantitative estimate of drug-likeness (QED) is 0.388. The predicted octanol–water partition coefficient (Wildman–Crippen LogP) is 2.52. The maximum Gasteiger partial charge on any atom is 0.240 e. The van der Waals surface area contributed by atoms with Crippen LogP contribution in [0.1, 0.15) is 39.2 Å². The van der Waals surface area contributed by atoms with Crippen molar-refractivity contribution in [3.63, 3.8) is 0 Å². The van der Waals surface area contributed by atoms with Crippen LogP contribution in [0.4, 0.5) is 5.69 Å². The van der Waals surface area contributed by atoms with E-state index in [0.29, 0.717) is 6.42 Å². The van der Waals surface area contributed by atoms with Gasteiger partial charge in [0.15, 0.2) is 5.84 Å². The summed E-state index contributed by atoms with van der Waals surface area (Å²) in [6.45, 7) is 5.64. The summed E-state index contributed by atoms with van der Waals surface area (Å²) in [6, 6.07) is 8.04. The lowest BCUT2D eigenvalue weighted by Gasteiger charge is -2.40. The number of rotatable bonds is 3. The highest BCUT2D eigenvalue weighted by atomic mass is 16.4. The van der Waals surface area contributed by atoms with E-state index in [1.807, 2.05) is 38.1 Å². The minimum absolute atomic E-state index is 0.0368. The molecule has 0 radical (unpaired) electrons. The molecule has 5 nitrogen and oxygen atoms in total. The Labute approximate surface area is 125 Å². The van der Waals surface area contributed by atoms with Gasteiger partial charge in [0.25, 0.3) is 0 Å². The fourth-order valence-electron chi connectivity index (χ4n) is 2.82. The second kappa shape index (κ2) is 5.76. The zero-order valence-corrected chi connectivity index (χ0v) is 12.8.